The maximum Gasteiger partial charge on any atom is 0.331 e. The van der Waals surface area contributed by atoms with Crippen LogP contribution in [0.2, 0.25) is 0 Å². The Hall–Kier alpha value is -0.900. The van der Waals surface area contributed by atoms with Gasteiger partial charge in [0, 0.05) is 5.71 Å². The Morgan fingerprint density at radius 1 is 0.917 bits per heavy atom. The average molecular weight is 506 g/mol. The molecule has 2 bridgehead atoms. The van der Waals surface area contributed by atoms with E-state index in [9.17, 15) is 9.90 Å². The summed E-state index contributed by atoms with van der Waals surface area (Å²) in [5.74, 6) is 0.545. The minimum atomic E-state index is -0.923. The second-order valence-electron chi connectivity index (χ2n) is 13.7. The molecule has 0 amide bonds. The molecule has 0 unspecified atom stereocenters. The summed E-state index contributed by atoms with van der Waals surface area (Å²) in [6, 6.07) is -0.497. The highest BCUT2D eigenvalue weighted by Gasteiger charge is 2.61. The number of fused-ring (bicyclic) bond motifs is 2. The van der Waals surface area contributed by atoms with Gasteiger partial charge in [-0.25, -0.2) is 4.79 Å². The lowest BCUT2D eigenvalue weighted by molar-refractivity contribution is -0.156. The zero-order chi connectivity index (χ0) is 26.8. The molecule has 4 atom stereocenters. The molecular formula is C32H59NO3. The first-order chi connectivity index (χ1) is 16.9. The Morgan fingerprint density at radius 2 is 1.39 bits per heavy atom. The van der Waals surface area contributed by atoms with Crippen LogP contribution in [-0.2, 0) is 9.53 Å². The van der Waals surface area contributed by atoms with Crippen LogP contribution in [0.5, 0.6) is 0 Å². The number of hydrogen-bond acceptors (Lipinski definition) is 4. The average Bonchev–Trinajstić information content (AvgIpc) is 2.77. The first-order valence-electron chi connectivity index (χ1n) is 15.4. The van der Waals surface area contributed by atoms with Crippen LogP contribution in [0, 0.1) is 17.3 Å². The standard InChI is InChI=1S/C32H59NO3/c1-8-9-10-11-12-13-14-15-16-17-18-19-20-21-22-26(29(34)36-30(2,3)4)33-28-24-25-23-27(31(25,5)6)32(28,7)35/h25-27,35H,8-24H2,1-7H3/t25-,26+,27-,32-/m0/s1. The smallest absolute Gasteiger partial charge is 0.331 e. The first kappa shape index (κ1) is 31.3. The Labute approximate surface area is 223 Å². The van der Waals surface area contributed by atoms with Crippen LogP contribution in [0.1, 0.15) is 158 Å². The lowest BCUT2D eigenvalue weighted by Crippen LogP contribution is -2.65. The van der Waals surface area contributed by atoms with Gasteiger partial charge in [-0.2, -0.15) is 0 Å². The van der Waals surface area contributed by atoms with E-state index in [1.165, 1.54) is 77.0 Å². The van der Waals surface area contributed by atoms with E-state index in [1.54, 1.807) is 0 Å². The molecule has 210 valence electrons. The lowest BCUT2D eigenvalue weighted by Gasteiger charge is -2.62. The summed E-state index contributed by atoms with van der Waals surface area (Å²) in [7, 11) is 0. The monoisotopic (exact) mass is 505 g/mol. The first-order valence-corrected chi connectivity index (χ1v) is 15.4. The predicted molar refractivity (Wildman–Crippen MR) is 153 cm³/mol. The summed E-state index contributed by atoms with van der Waals surface area (Å²) >= 11 is 0. The fourth-order valence-electron chi connectivity index (χ4n) is 6.47. The zero-order valence-corrected chi connectivity index (χ0v) is 25.0. The number of unbranched alkanes of at least 4 members (excludes halogenated alkanes) is 13. The third-order valence-electron chi connectivity index (χ3n) is 8.99. The number of aliphatic imine (C=N–C) groups is 1. The van der Waals surface area contributed by atoms with Crippen molar-refractivity contribution < 1.29 is 14.6 Å². The van der Waals surface area contributed by atoms with Crippen molar-refractivity contribution >= 4 is 11.7 Å². The summed E-state index contributed by atoms with van der Waals surface area (Å²) in [5.41, 5.74) is -0.471. The van der Waals surface area contributed by atoms with Gasteiger partial charge in [0.25, 0.3) is 0 Å². The van der Waals surface area contributed by atoms with Crippen LogP contribution < -0.4 is 0 Å². The molecule has 0 aromatic heterocycles. The van der Waals surface area contributed by atoms with E-state index in [0.717, 1.165) is 31.4 Å². The topological polar surface area (TPSA) is 58.9 Å². The maximum absolute atomic E-state index is 13.0. The van der Waals surface area contributed by atoms with Gasteiger partial charge in [-0.3, -0.25) is 4.99 Å². The highest BCUT2D eigenvalue weighted by atomic mass is 16.6. The summed E-state index contributed by atoms with van der Waals surface area (Å²) < 4.78 is 5.73. The van der Waals surface area contributed by atoms with Crippen molar-refractivity contribution in [2.75, 3.05) is 0 Å². The fraction of sp³-hybridized carbons (Fsp3) is 0.938. The van der Waals surface area contributed by atoms with Crippen molar-refractivity contribution in [2.45, 2.75) is 175 Å². The number of ether oxygens (including phenoxy) is 1. The SMILES string of the molecule is CCCCCCCCCCCCCCCC[C@@H](N=C1C[C@@H]2C[C@@H](C2(C)C)[C@]1(C)O)C(=O)OC(C)(C)C. The minimum absolute atomic E-state index is 0.151. The van der Waals surface area contributed by atoms with Gasteiger partial charge in [-0.05, 0) is 64.2 Å². The van der Waals surface area contributed by atoms with E-state index >= 15 is 0 Å². The molecule has 3 rings (SSSR count). The van der Waals surface area contributed by atoms with Crippen molar-refractivity contribution in [1.29, 1.82) is 0 Å². The van der Waals surface area contributed by atoms with Crippen molar-refractivity contribution in [3.05, 3.63) is 0 Å². The molecule has 0 spiro atoms. The molecule has 3 saturated carbocycles. The third kappa shape index (κ3) is 9.44. The van der Waals surface area contributed by atoms with Crippen LogP contribution in [-0.4, -0.2) is 34.0 Å². The van der Waals surface area contributed by atoms with Crippen molar-refractivity contribution in [2.24, 2.45) is 22.2 Å². The van der Waals surface area contributed by atoms with Gasteiger partial charge in [-0.1, -0.05) is 111 Å². The molecule has 0 heterocycles. The Kier molecular flexibility index (Phi) is 12.4. The molecule has 0 radical (unpaired) electrons. The number of carbonyl (C=O) groups is 1. The van der Waals surface area contributed by atoms with Crippen molar-refractivity contribution in [1.82, 2.24) is 0 Å². The molecule has 4 nitrogen and oxygen atoms in total. The van der Waals surface area contributed by atoms with Gasteiger partial charge >= 0.3 is 5.97 Å². The number of carbonyl (C=O) groups excluding carboxylic acids is 1. The number of hydrogen-bond donors (Lipinski definition) is 1. The molecule has 0 aromatic carbocycles. The number of aliphatic hydroxyl groups is 1. The molecule has 3 aliphatic carbocycles. The number of nitrogens with zero attached hydrogens (tertiary/aromatic N) is 1. The van der Waals surface area contributed by atoms with Gasteiger partial charge in [0.1, 0.15) is 17.2 Å². The molecule has 0 saturated heterocycles. The van der Waals surface area contributed by atoms with Gasteiger partial charge in [-0.15, -0.1) is 0 Å². The molecule has 0 aliphatic heterocycles. The van der Waals surface area contributed by atoms with E-state index in [2.05, 4.69) is 20.8 Å². The normalized spacial score (nSPS) is 27.1. The molecule has 3 fully saturated rings. The highest BCUT2D eigenvalue weighted by molar-refractivity contribution is 5.96. The van der Waals surface area contributed by atoms with Gasteiger partial charge in [0.15, 0.2) is 0 Å². The van der Waals surface area contributed by atoms with Crippen LogP contribution in [0.3, 0.4) is 0 Å². The van der Waals surface area contributed by atoms with Crippen LogP contribution in [0.15, 0.2) is 4.99 Å². The number of esters is 1. The van der Waals surface area contributed by atoms with Crippen molar-refractivity contribution in [3.63, 3.8) is 0 Å². The Bertz CT molecular complexity index is 688. The van der Waals surface area contributed by atoms with E-state index in [4.69, 9.17) is 9.73 Å². The van der Waals surface area contributed by atoms with Crippen molar-refractivity contribution in [3.8, 4) is 0 Å². The molecule has 0 aromatic rings. The van der Waals surface area contributed by atoms with Crippen LogP contribution >= 0.6 is 0 Å². The summed E-state index contributed by atoms with van der Waals surface area (Å²) in [6.45, 7) is 14.4. The number of rotatable bonds is 17. The molecule has 4 heteroatoms. The highest BCUT2D eigenvalue weighted by Crippen LogP contribution is 2.61. The predicted octanol–water partition coefficient (Wildman–Crippen LogP) is 8.83. The largest absolute Gasteiger partial charge is 0.458 e. The van der Waals surface area contributed by atoms with E-state index < -0.39 is 17.2 Å². The quantitative estimate of drug-likeness (QED) is 0.159. The maximum atomic E-state index is 13.0. The molecule has 36 heavy (non-hydrogen) atoms. The second kappa shape index (κ2) is 14.3. The van der Waals surface area contributed by atoms with E-state index in [-0.39, 0.29) is 17.3 Å². The van der Waals surface area contributed by atoms with E-state index in [1.807, 2.05) is 27.7 Å². The summed E-state index contributed by atoms with van der Waals surface area (Å²) in [5, 5.41) is 11.4. The Morgan fingerprint density at radius 3 is 1.81 bits per heavy atom. The third-order valence-corrected chi connectivity index (χ3v) is 8.99. The van der Waals surface area contributed by atoms with Gasteiger partial charge in [0.2, 0.25) is 0 Å². The second-order valence-corrected chi connectivity index (χ2v) is 13.7. The molecule has 3 aliphatic rings. The van der Waals surface area contributed by atoms with E-state index in [0.29, 0.717) is 12.3 Å². The van der Waals surface area contributed by atoms with Crippen LogP contribution in [0.4, 0.5) is 0 Å². The van der Waals surface area contributed by atoms with Gasteiger partial charge < -0.3 is 9.84 Å². The minimum Gasteiger partial charge on any atom is -0.458 e. The molecule has 1 N–H and O–H groups in total. The lowest BCUT2D eigenvalue weighted by atomic mass is 9.44. The van der Waals surface area contributed by atoms with Gasteiger partial charge in [0.05, 0.1) is 0 Å². The zero-order valence-electron chi connectivity index (χ0n) is 25.0. The fourth-order valence-corrected chi connectivity index (χ4v) is 6.47. The Balaban J connectivity index is 1.73. The summed E-state index contributed by atoms with van der Waals surface area (Å²) in [4.78, 5) is 17.9. The molecular weight excluding hydrogens is 446 g/mol. The summed E-state index contributed by atoms with van der Waals surface area (Å²) in [6.07, 6.45) is 21.1. The van der Waals surface area contributed by atoms with Crippen LogP contribution in [0.25, 0.3) is 0 Å².